The second kappa shape index (κ2) is 9.87. The first kappa shape index (κ1) is 19.0. The minimum Gasteiger partial charge on any atom is -0.493 e. The maximum absolute atomic E-state index is 11.5. The largest absolute Gasteiger partial charge is 0.493 e. The Morgan fingerprint density at radius 3 is 2.43 bits per heavy atom. The molecule has 128 valence electrons. The second-order valence-corrected chi connectivity index (χ2v) is 5.65. The molecule has 0 radical (unpaired) electrons. The van der Waals surface area contributed by atoms with Gasteiger partial charge in [0.25, 0.3) is 0 Å². The summed E-state index contributed by atoms with van der Waals surface area (Å²) in [5.41, 5.74) is 1.14. The molecule has 1 rings (SSSR count). The van der Waals surface area contributed by atoms with E-state index in [1.807, 2.05) is 32.0 Å². The average molecular weight is 322 g/mol. The monoisotopic (exact) mass is 322 g/mol. The summed E-state index contributed by atoms with van der Waals surface area (Å²) in [5.74, 6) is 0.911. The molecule has 0 amide bonds. The van der Waals surface area contributed by atoms with Crippen molar-refractivity contribution in [3.8, 4) is 11.5 Å². The van der Waals surface area contributed by atoms with E-state index in [0.717, 1.165) is 36.3 Å². The van der Waals surface area contributed by atoms with Crippen molar-refractivity contribution in [3.63, 3.8) is 0 Å². The Kier molecular flexibility index (Phi) is 8.16. The molecule has 0 fully saturated rings. The maximum Gasteiger partial charge on any atom is 0.313 e. The van der Waals surface area contributed by atoms with Gasteiger partial charge in [-0.15, -0.1) is 0 Å². The molecule has 0 bridgehead atoms. The van der Waals surface area contributed by atoms with Gasteiger partial charge < -0.3 is 14.2 Å². The highest BCUT2D eigenvalue weighted by Crippen LogP contribution is 2.29. The Hall–Kier alpha value is -2.04. The van der Waals surface area contributed by atoms with Gasteiger partial charge in [0.2, 0.25) is 0 Å². The topological polar surface area (TPSA) is 61.8 Å². The average Bonchev–Trinajstić information content (AvgIpc) is 2.51. The number of carbonyl (C=O) groups is 2. The molecule has 0 spiro atoms. The molecule has 0 aliphatic rings. The van der Waals surface area contributed by atoms with Gasteiger partial charge in [-0.25, -0.2) is 0 Å². The quantitative estimate of drug-likeness (QED) is 0.376. The molecule has 5 nitrogen and oxygen atoms in total. The van der Waals surface area contributed by atoms with Crippen LogP contribution in [-0.4, -0.2) is 32.1 Å². The van der Waals surface area contributed by atoms with Crippen LogP contribution in [0.3, 0.4) is 0 Å². The zero-order chi connectivity index (χ0) is 17.2. The van der Waals surface area contributed by atoms with Crippen LogP contribution in [0.25, 0.3) is 0 Å². The first-order valence-corrected chi connectivity index (χ1v) is 7.88. The van der Waals surface area contributed by atoms with Gasteiger partial charge in [-0.3, -0.25) is 9.59 Å². The lowest BCUT2D eigenvalue weighted by Gasteiger charge is -2.14. The highest BCUT2D eigenvalue weighted by atomic mass is 16.5. The van der Waals surface area contributed by atoms with Crippen molar-refractivity contribution in [2.75, 3.05) is 14.2 Å². The number of methoxy groups -OCH3 is 2. The number of aryl methyl sites for hydroxylation is 1. The Morgan fingerprint density at radius 1 is 1.09 bits per heavy atom. The summed E-state index contributed by atoms with van der Waals surface area (Å²) in [6, 6.07) is 5.88. The van der Waals surface area contributed by atoms with Gasteiger partial charge in [0.1, 0.15) is 12.2 Å². The molecule has 0 saturated heterocycles. The Morgan fingerprint density at radius 2 is 1.83 bits per heavy atom. The van der Waals surface area contributed by atoms with E-state index in [4.69, 9.17) is 9.47 Å². The highest BCUT2D eigenvalue weighted by molar-refractivity contribution is 5.95. The van der Waals surface area contributed by atoms with E-state index in [0.29, 0.717) is 6.42 Å². The fraction of sp³-hybridized carbons (Fsp3) is 0.556. The molecule has 0 aromatic heterocycles. The van der Waals surface area contributed by atoms with Gasteiger partial charge in [0, 0.05) is 6.42 Å². The number of hydrogen-bond acceptors (Lipinski definition) is 5. The summed E-state index contributed by atoms with van der Waals surface area (Å²) >= 11 is 0. The summed E-state index contributed by atoms with van der Waals surface area (Å²) in [6.07, 6.45) is 2.83. The predicted molar refractivity (Wildman–Crippen MR) is 88.0 cm³/mol. The molecule has 0 unspecified atom stereocenters. The molecule has 5 heteroatoms. The predicted octanol–water partition coefficient (Wildman–Crippen LogP) is 3.33. The molecular formula is C18H26O5. The van der Waals surface area contributed by atoms with E-state index in [1.165, 1.54) is 7.11 Å². The summed E-state index contributed by atoms with van der Waals surface area (Å²) < 4.78 is 15.5. The lowest BCUT2D eigenvalue weighted by molar-refractivity contribution is -0.143. The van der Waals surface area contributed by atoms with Crippen LogP contribution in [-0.2, 0) is 20.7 Å². The smallest absolute Gasteiger partial charge is 0.313 e. The number of hydrogen-bond donors (Lipinski definition) is 0. The highest BCUT2D eigenvalue weighted by Gasteiger charge is 2.10. The van der Waals surface area contributed by atoms with Crippen LogP contribution in [0.5, 0.6) is 11.5 Å². The molecule has 0 aliphatic carbocycles. The molecule has 0 heterocycles. The molecule has 0 saturated carbocycles. The van der Waals surface area contributed by atoms with Gasteiger partial charge in [-0.2, -0.15) is 0 Å². The van der Waals surface area contributed by atoms with E-state index in [-0.39, 0.29) is 18.3 Å². The van der Waals surface area contributed by atoms with Crippen LogP contribution < -0.4 is 9.47 Å². The fourth-order valence-corrected chi connectivity index (χ4v) is 2.20. The number of rotatable bonds is 10. The SMILES string of the molecule is COC(=O)CC(=O)CCCCc1ccc(OC)c(OC(C)C)c1. The van der Waals surface area contributed by atoms with E-state index in [1.54, 1.807) is 7.11 Å². The van der Waals surface area contributed by atoms with Crippen molar-refractivity contribution < 1.29 is 23.8 Å². The number of unbranched alkanes of at least 4 members (excludes halogenated alkanes) is 1. The van der Waals surface area contributed by atoms with Crippen molar-refractivity contribution in [1.82, 2.24) is 0 Å². The summed E-state index contributed by atoms with van der Waals surface area (Å²) in [4.78, 5) is 22.5. The zero-order valence-corrected chi connectivity index (χ0v) is 14.4. The van der Waals surface area contributed by atoms with Gasteiger partial charge in [0.15, 0.2) is 11.5 Å². The first-order valence-electron chi connectivity index (χ1n) is 7.88. The Bertz CT molecular complexity index is 522. The molecule has 1 aromatic rings. The third-order valence-corrected chi connectivity index (χ3v) is 3.33. The summed E-state index contributed by atoms with van der Waals surface area (Å²) in [7, 11) is 2.91. The van der Waals surface area contributed by atoms with Crippen LogP contribution in [0, 0.1) is 0 Å². The van der Waals surface area contributed by atoms with Crippen molar-refractivity contribution in [2.24, 2.45) is 0 Å². The fourth-order valence-electron chi connectivity index (χ4n) is 2.20. The van der Waals surface area contributed by atoms with Crippen LogP contribution in [0.2, 0.25) is 0 Å². The maximum atomic E-state index is 11.5. The number of ether oxygens (including phenoxy) is 3. The number of carbonyl (C=O) groups excluding carboxylic acids is 2. The van der Waals surface area contributed by atoms with Crippen LogP contribution in [0.1, 0.15) is 45.1 Å². The van der Waals surface area contributed by atoms with Gasteiger partial charge in [0.05, 0.1) is 20.3 Å². The third kappa shape index (κ3) is 7.17. The van der Waals surface area contributed by atoms with E-state index in [9.17, 15) is 9.59 Å². The minimum atomic E-state index is -0.472. The molecule has 0 aliphatic heterocycles. The number of Topliss-reactive ketones (excluding diaryl/α,β-unsaturated/α-hetero) is 1. The lowest BCUT2D eigenvalue weighted by Crippen LogP contribution is -2.09. The third-order valence-electron chi connectivity index (χ3n) is 3.33. The van der Waals surface area contributed by atoms with Crippen LogP contribution in [0.15, 0.2) is 18.2 Å². The molecular weight excluding hydrogens is 296 g/mol. The van der Waals surface area contributed by atoms with Crippen molar-refractivity contribution in [2.45, 2.75) is 52.1 Å². The van der Waals surface area contributed by atoms with Crippen LogP contribution in [0.4, 0.5) is 0 Å². The number of ketones is 1. The number of benzene rings is 1. The van der Waals surface area contributed by atoms with Gasteiger partial charge in [-0.05, 0) is 50.8 Å². The summed E-state index contributed by atoms with van der Waals surface area (Å²) in [6.45, 7) is 3.94. The van der Waals surface area contributed by atoms with Gasteiger partial charge >= 0.3 is 5.97 Å². The zero-order valence-electron chi connectivity index (χ0n) is 14.4. The first-order chi connectivity index (χ1) is 11.0. The lowest BCUT2D eigenvalue weighted by atomic mass is 10.0. The van der Waals surface area contributed by atoms with E-state index >= 15 is 0 Å². The minimum absolute atomic E-state index is 0.0737. The van der Waals surface area contributed by atoms with Crippen molar-refractivity contribution in [3.05, 3.63) is 23.8 Å². The molecule has 23 heavy (non-hydrogen) atoms. The summed E-state index contributed by atoms with van der Waals surface area (Å²) in [5, 5.41) is 0. The normalized spacial score (nSPS) is 10.5. The van der Waals surface area contributed by atoms with Gasteiger partial charge in [-0.1, -0.05) is 6.07 Å². The standard InChI is InChI=1S/C18H26O5/c1-13(2)23-17-11-14(9-10-16(17)21-3)7-5-6-8-15(19)12-18(20)22-4/h9-11,13H,5-8,12H2,1-4H3. The molecule has 1 aromatic carbocycles. The molecule has 0 atom stereocenters. The van der Waals surface area contributed by atoms with Crippen molar-refractivity contribution >= 4 is 11.8 Å². The number of esters is 1. The molecule has 0 N–H and O–H groups in total. The second-order valence-electron chi connectivity index (χ2n) is 5.65. The van der Waals surface area contributed by atoms with E-state index in [2.05, 4.69) is 4.74 Å². The Labute approximate surface area is 137 Å². The van der Waals surface area contributed by atoms with Crippen LogP contribution >= 0.6 is 0 Å². The van der Waals surface area contributed by atoms with Crippen molar-refractivity contribution in [1.29, 1.82) is 0 Å². The Balaban J connectivity index is 2.45. The van der Waals surface area contributed by atoms with E-state index < -0.39 is 5.97 Å².